The third-order valence-corrected chi connectivity index (χ3v) is 2.58. The number of H-pyrrole nitrogens is 1. The lowest BCUT2D eigenvalue weighted by Crippen LogP contribution is -1.92. The van der Waals surface area contributed by atoms with Gasteiger partial charge in [-0.1, -0.05) is 13.3 Å². The number of carbonyl (C=O) groups is 1. The molecule has 2 rings (SSSR count). The second-order valence-electron chi connectivity index (χ2n) is 3.67. The highest BCUT2D eigenvalue weighted by atomic mass is 16.5. The van der Waals surface area contributed by atoms with Crippen molar-refractivity contribution in [3.8, 4) is 5.88 Å². The Labute approximate surface area is 93.6 Å². The summed E-state index contributed by atoms with van der Waals surface area (Å²) in [5, 5.41) is 1.02. The quantitative estimate of drug-likeness (QED) is 0.801. The van der Waals surface area contributed by atoms with Crippen LogP contribution in [0.15, 0.2) is 12.3 Å². The van der Waals surface area contributed by atoms with E-state index in [1.807, 2.05) is 12.3 Å². The first-order valence-corrected chi connectivity index (χ1v) is 5.30. The maximum atomic E-state index is 10.8. The minimum absolute atomic E-state index is 0.531. The Morgan fingerprint density at radius 1 is 1.56 bits per heavy atom. The van der Waals surface area contributed by atoms with Crippen molar-refractivity contribution in [1.82, 2.24) is 9.97 Å². The fraction of sp³-hybridized carbons (Fsp3) is 0.333. The molecule has 0 unspecified atom stereocenters. The Hall–Kier alpha value is -1.84. The van der Waals surface area contributed by atoms with Crippen LogP contribution in [0.4, 0.5) is 0 Å². The minimum atomic E-state index is 0.531. The molecule has 0 amide bonds. The van der Waals surface area contributed by atoms with Crippen molar-refractivity contribution in [1.29, 1.82) is 0 Å². The molecule has 0 aromatic carbocycles. The van der Waals surface area contributed by atoms with Crippen molar-refractivity contribution in [2.24, 2.45) is 0 Å². The molecule has 2 heterocycles. The zero-order valence-electron chi connectivity index (χ0n) is 9.41. The van der Waals surface area contributed by atoms with Gasteiger partial charge in [0.05, 0.1) is 12.8 Å². The second-order valence-corrected chi connectivity index (χ2v) is 3.67. The average molecular weight is 218 g/mol. The van der Waals surface area contributed by atoms with E-state index in [9.17, 15) is 4.79 Å². The standard InChI is InChI=1S/C12H14N2O2/c1-3-4-8-6-13-12(16-2)11-10(8)5-9(7-15)14-11/h5-7,14H,3-4H2,1-2H3. The van der Waals surface area contributed by atoms with Crippen molar-refractivity contribution in [2.75, 3.05) is 7.11 Å². The number of hydrogen-bond donors (Lipinski definition) is 1. The maximum absolute atomic E-state index is 10.8. The van der Waals surface area contributed by atoms with Gasteiger partial charge < -0.3 is 9.72 Å². The van der Waals surface area contributed by atoms with Crippen molar-refractivity contribution >= 4 is 17.2 Å². The molecule has 0 radical (unpaired) electrons. The van der Waals surface area contributed by atoms with Gasteiger partial charge in [0.15, 0.2) is 6.29 Å². The molecule has 0 saturated carbocycles. The van der Waals surface area contributed by atoms with E-state index in [1.54, 1.807) is 7.11 Å². The topological polar surface area (TPSA) is 55.0 Å². The molecule has 0 bridgehead atoms. The van der Waals surface area contributed by atoms with Crippen LogP contribution in [0.3, 0.4) is 0 Å². The first-order valence-electron chi connectivity index (χ1n) is 5.30. The predicted molar refractivity (Wildman–Crippen MR) is 62.0 cm³/mol. The fourth-order valence-electron chi connectivity index (χ4n) is 1.85. The van der Waals surface area contributed by atoms with Crippen LogP contribution in [0, 0.1) is 0 Å². The molecule has 0 saturated heterocycles. The third kappa shape index (κ3) is 1.66. The van der Waals surface area contributed by atoms with Gasteiger partial charge in [0.25, 0.3) is 0 Å². The third-order valence-electron chi connectivity index (χ3n) is 2.58. The molecule has 16 heavy (non-hydrogen) atoms. The number of rotatable bonds is 4. The number of aromatic nitrogens is 2. The summed E-state index contributed by atoms with van der Waals surface area (Å²) in [6, 6.07) is 1.84. The average Bonchev–Trinajstić information content (AvgIpc) is 2.74. The molecule has 0 aliphatic rings. The Kier molecular flexibility index (Phi) is 2.90. The van der Waals surface area contributed by atoms with Crippen LogP contribution >= 0.6 is 0 Å². The molecule has 0 spiro atoms. The zero-order chi connectivity index (χ0) is 11.5. The molecule has 4 nitrogen and oxygen atoms in total. The van der Waals surface area contributed by atoms with Crippen LogP contribution in [-0.4, -0.2) is 23.4 Å². The molecule has 84 valence electrons. The van der Waals surface area contributed by atoms with E-state index in [0.29, 0.717) is 11.6 Å². The summed E-state index contributed by atoms with van der Waals surface area (Å²) in [6.45, 7) is 2.11. The van der Waals surface area contributed by atoms with Crippen LogP contribution in [-0.2, 0) is 6.42 Å². The van der Waals surface area contributed by atoms with E-state index in [2.05, 4.69) is 16.9 Å². The van der Waals surface area contributed by atoms with Gasteiger partial charge in [-0.15, -0.1) is 0 Å². The number of nitrogens with one attached hydrogen (secondary N) is 1. The first kappa shape index (κ1) is 10.7. The fourth-order valence-corrected chi connectivity index (χ4v) is 1.85. The smallest absolute Gasteiger partial charge is 0.238 e. The lowest BCUT2D eigenvalue weighted by molar-refractivity contribution is 0.112. The van der Waals surface area contributed by atoms with Gasteiger partial charge in [0.2, 0.25) is 5.88 Å². The number of carbonyl (C=O) groups excluding carboxylic acids is 1. The van der Waals surface area contributed by atoms with E-state index >= 15 is 0 Å². The Balaban J connectivity index is 2.67. The normalized spacial score (nSPS) is 10.6. The number of fused-ring (bicyclic) bond motifs is 1. The van der Waals surface area contributed by atoms with Crippen molar-refractivity contribution in [3.05, 3.63) is 23.5 Å². The van der Waals surface area contributed by atoms with Crippen LogP contribution in [0.5, 0.6) is 5.88 Å². The molecular formula is C12H14N2O2. The van der Waals surface area contributed by atoms with Gasteiger partial charge in [0.1, 0.15) is 5.52 Å². The lowest BCUT2D eigenvalue weighted by atomic mass is 10.1. The molecule has 4 heteroatoms. The number of aromatic amines is 1. The summed E-state index contributed by atoms with van der Waals surface area (Å²) in [5.41, 5.74) is 2.50. The number of methoxy groups -OCH3 is 1. The number of pyridine rings is 1. The molecule has 0 aliphatic heterocycles. The van der Waals surface area contributed by atoms with Gasteiger partial charge in [-0.2, -0.15) is 0 Å². The van der Waals surface area contributed by atoms with Crippen LogP contribution < -0.4 is 4.74 Å². The van der Waals surface area contributed by atoms with Crippen LogP contribution in [0.2, 0.25) is 0 Å². The number of aryl methyl sites for hydroxylation is 1. The number of ether oxygens (including phenoxy) is 1. The molecule has 2 aromatic rings. The van der Waals surface area contributed by atoms with Crippen LogP contribution in [0.25, 0.3) is 10.9 Å². The molecule has 0 atom stereocenters. The minimum Gasteiger partial charge on any atom is -0.479 e. The Morgan fingerprint density at radius 2 is 2.38 bits per heavy atom. The van der Waals surface area contributed by atoms with E-state index in [4.69, 9.17) is 4.74 Å². The van der Waals surface area contributed by atoms with Crippen molar-refractivity contribution < 1.29 is 9.53 Å². The van der Waals surface area contributed by atoms with Gasteiger partial charge in [-0.05, 0) is 18.1 Å². The highest BCUT2D eigenvalue weighted by Gasteiger charge is 2.10. The second kappa shape index (κ2) is 4.35. The highest BCUT2D eigenvalue weighted by molar-refractivity contribution is 5.92. The number of hydrogen-bond acceptors (Lipinski definition) is 3. The van der Waals surface area contributed by atoms with Crippen molar-refractivity contribution in [3.63, 3.8) is 0 Å². The van der Waals surface area contributed by atoms with Gasteiger partial charge in [-0.3, -0.25) is 4.79 Å². The van der Waals surface area contributed by atoms with Gasteiger partial charge in [-0.25, -0.2) is 4.98 Å². The van der Waals surface area contributed by atoms with Crippen LogP contribution in [0.1, 0.15) is 29.4 Å². The van der Waals surface area contributed by atoms with Gasteiger partial charge in [0, 0.05) is 11.6 Å². The maximum Gasteiger partial charge on any atom is 0.238 e. The predicted octanol–water partition coefficient (Wildman–Crippen LogP) is 2.34. The number of nitrogens with zero attached hydrogens (tertiary/aromatic N) is 1. The summed E-state index contributed by atoms with van der Waals surface area (Å²) < 4.78 is 5.16. The summed E-state index contributed by atoms with van der Waals surface area (Å²) in [7, 11) is 1.57. The highest BCUT2D eigenvalue weighted by Crippen LogP contribution is 2.26. The van der Waals surface area contributed by atoms with E-state index in [1.165, 1.54) is 0 Å². The molecule has 0 fully saturated rings. The van der Waals surface area contributed by atoms with Crippen molar-refractivity contribution in [2.45, 2.75) is 19.8 Å². The Morgan fingerprint density at radius 3 is 3.00 bits per heavy atom. The summed E-state index contributed by atoms with van der Waals surface area (Å²) in [5.74, 6) is 0.531. The van der Waals surface area contributed by atoms with E-state index < -0.39 is 0 Å². The zero-order valence-corrected chi connectivity index (χ0v) is 9.41. The number of aldehydes is 1. The summed E-state index contributed by atoms with van der Waals surface area (Å²) in [4.78, 5) is 18.0. The Bertz CT molecular complexity index is 517. The van der Waals surface area contributed by atoms with Gasteiger partial charge >= 0.3 is 0 Å². The van der Waals surface area contributed by atoms with E-state index in [0.717, 1.165) is 35.6 Å². The molecule has 1 N–H and O–H groups in total. The molecular weight excluding hydrogens is 204 g/mol. The first-order chi connectivity index (χ1) is 7.80. The summed E-state index contributed by atoms with van der Waals surface area (Å²) >= 11 is 0. The molecule has 0 aliphatic carbocycles. The molecule has 2 aromatic heterocycles. The SMILES string of the molecule is CCCc1cnc(OC)c2[nH]c(C=O)cc12. The largest absolute Gasteiger partial charge is 0.479 e. The monoisotopic (exact) mass is 218 g/mol. The lowest BCUT2D eigenvalue weighted by Gasteiger charge is -2.04. The van der Waals surface area contributed by atoms with E-state index in [-0.39, 0.29) is 0 Å². The summed E-state index contributed by atoms with van der Waals surface area (Å²) in [6.07, 6.45) is 4.61.